The highest BCUT2D eigenvalue weighted by Gasteiger charge is 2.05. The van der Waals surface area contributed by atoms with Crippen LogP contribution in [0.15, 0.2) is 36.3 Å². The Kier molecular flexibility index (Phi) is 3.69. The third-order valence-corrected chi connectivity index (χ3v) is 0.954. The summed E-state index contributed by atoms with van der Waals surface area (Å²) in [5.41, 5.74) is 0. The van der Waals surface area contributed by atoms with Gasteiger partial charge in [-0.1, -0.05) is 12.2 Å². The Morgan fingerprint density at radius 3 is 2.73 bits per heavy atom. The Balaban J connectivity index is 0.000001000. The van der Waals surface area contributed by atoms with Crippen molar-refractivity contribution in [2.75, 3.05) is 0 Å². The average Bonchev–Trinajstić information content (AvgIpc) is 2.12. The van der Waals surface area contributed by atoms with Crippen molar-refractivity contribution in [3.63, 3.8) is 0 Å². The molecule has 0 spiro atoms. The number of hydrogen-bond donors (Lipinski definition) is 1. The molecule has 0 aliphatic carbocycles. The van der Waals surface area contributed by atoms with Gasteiger partial charge in [-0.15, -0.1) is 0 Å². The minimum absolute atomic E-state index is 0. The van der Waals surface area contributed by atoms with E-state index in [-0.39, 0.29) is 11.2 Å². The van der Waals surface area contributed by atoms with Crippen molar-refractivity contribution in [3.05, 3.63) is 36.3 Å². The summed E-state index contributed by atoms with van der Waals surface area (Å²) in [6, 6.07) is 0. The zero-order valence-corrected chi connectivity index (χ0v) is 5.65. The molecule has 4 nitrogen and oxygen atoms in total. The van der Waals surface area contributed by atoms with Crippen molar-refractivity contribution >= 4 is 5.97 Å². The zero-order chi connectivity index (χ0) is 7.40. The van der Waals surface area contributed by atoms with Gasteiger partial charge in [0.05, 0.1) is 6.26 Å². The molecule has 0 saturated carbocycles. The molecule has 0 aromatic rings. The summed E-state index contributed by atoms with van der Waals surface area (Å²) >= 11 is 0. The van der Waals surface area contributed by atoms with Crippen LogP contribution in [0.1, 0.15) is 0 Å². The van der Waals surface area contributed by atoms with E-state index in [1.165, 1.54) is 12.3 Å². The molecule has 60 valence electrons. The van der Waals surface area contributed by atoms with Crippen LogP contribution < -0.4 is 0 Å². The summed E-state index contributed by atoms with van der Waals surface area (Å²) in [4.78, 5) is 10.2. The lowest BCUT2D eigenvalue weighted by atomic mass is 10.4. The maximum atomic E-state index is 10.2. The Hall–Kier alpha value is -1.55. The number of carboxylic acids is 1. The van der Waals surface area contributed by atoms with Crippen molar-refractivity contribution in [2.24, 2.45) is 0 Å². The summed E-state index contributed by atoms with van der Waals surface area (Å²) in [7, 11) is 0. The molecule has 11 heavy (non-hydrogen) atoms. The Bertz CT molecular complexity index is 225. The van der Waals surface area contributed by atoms with Crippen molar-refractivity contribution in [3.8, 4) is 0 Å². The maximum Gasteiger partial charge on any atom is 0.371 e. The molecule has 0 fully saturated rings. The van der Waals surface area contributed by atoms with Gasteiger partial charge in [-0.2, -0.15) is 0 Å². The van der Waals surface area contributed by atoms with E-state index in [4.69, 9.17) is 5.11 Å². The molecule has 1 aliphatic heterocycles. The first kappa shape index (κ1) is 9.45. The lowest BCUT2D eigenvalue weighted by molar-refractivity contribution is -0.135. The third-order valence-electron chi connectivity index (χ3n) is 0.954. The fraction of sp³-hybridized carbons (Fsp3) is 0. The smallest absolute Gasteiger partial charge is 0.371 e. The third kappa shape index (κ3) is 2.68. The molecule has 0 bridgehead atoms. The Morgan fingerprint density at radius 2 is 2.09 bits per heavy atom. The second-order valence-electron chi connectivity index (χ2n) is 1.67. The summed E-state index contributed by atoms with van der Waals surface area (Å²) in [5, 5.41) is 8.40. The maximum absolute atomic E-state index is 10.2. The number of carboxylic acid groups (broad SMARTS) is 1. The molecule has 1 heterocycles. The normalized spacial score (nSPS) is 14.0. The van der Waals surface area contributed by atoms with Gasteiger partial charge >= 0.3 is 5.97 Å². The molecule has 0 aromatic heterocycles. The van der Waals surface area contributed by atoms with Crippen LogP contribution in [0.4, 0.5) is 0 Å². The molecular formula is C7H8O4. The predicted octanol–water partition coefficient (Wildman–Crippen LogP) is 0.230. The van der Waals surface area contributed by atoms with E-state index in [0.717, 1.165) is 0 Å². The molecule has 0 unspecified atom stereocenters. The zero-order valence-electron chi connectivity index (χ0n) is 5.65. The van der Waals surface area contributed by atoms with E-state index in [9.17, 15) is 4.79 Å². The molecule has 3 N–H and O–H groups in total. The molecular weight excluding hydrogens is 148 g/mol. The molecule has 0 atom stereocenters. The topological polar surface area (TPSA) is 78.0 Å². The minimum atomic E-state index is -1.06. The van der Waals surface area contributed by atoms with Gasteiger partial charge in [-0.05, 0) is 12.2 Å². The first-order valence-electron chi connectivity index (χ1n) is 2.74. The van der Waals surface area contributed by atoms with Crippen molar-refractivity contribution in [2.45, 2.75) is 0 Å². The van der Waals surface area contributed by atoms with Crippen LogP contribution in [0.5, 0.6) is 0 Å². The largest absolute Gasteiger partial charge is 0.475 e. The van der Waals surface area contributed by atoms with E-state index >= 15 is 0 Å². The van der Waals surface area contributed by atoms with Crippen LogP contribution >= 0.6 is 0 Å². The van der Waals surface area contributed by atoms with Gasteiger partial charge in [0.25, 0.3) is 0 Å². The molecule has 0 radical (unpaired) electrons. The molecule has 0 aromatic carbocycles. The monoisotopic (exact) mass is 156 g/mol. The van der Waals surface area contributed by atoms with Crippen molar-refractivity contribution in [1.29, 1.82) is 0 Å². The van der Waals surface area contributed by atoms with Crippen LogP contribution in [0.3, 0.4) is 0 Å². The van der Waals surface area contributed by atoms with Crippen LogP contribution in [0.25, 0.3) is 0 Å². The first-order chi connectivity index (χ1) is 4.80. The quantitative estimate of drug-likeness (QED) is 0.590. The summed E-state index contributed by atoms with van der Waals surface area (Å²) in [6.45, 7) is 0. The van der Waals surface area contributed by atoms with E-state index in [1.54, 1.807) is 18.2 Å². The minimum Gasteiger partial charge on any atom is -0.475 e. The highest BCUT2D eigenvalue weighted by molar-refractivity contribution is 5.84. The fourth-order valence-corrected chi connectivity index (χ4v) is 0.526. The predicted molar refractivity (Wildman–Crippen MR) is 38.7 cm³/mol. The molecule has 1 rings (SSSR count). The van der Waals surface area contributed by atoms with Gasteiger partial charge in [-0.3, -0.25) is 0 Å². The molecule has 0 saturated heterocycles. The Morgan fingerprint density at radius 1 is 1.36 bits per heavy atom. The fourth-order valence-electron chi connectivity index (χ4n) is 0.526. The highest BCUT2D eigenvalue weighted by Crippen LogP contribution is 2.02. The first-order valence-corrected chi connectivity index (χ1v) is 2.74. The second kappa shape index (κ2) is 4.29. The van der Waals surface area contributed by atoms with Crippen molar-refractivity contribution in [1.82, 2.24) is 0 Å². The summed E-state index contributed by atoms with van der Waals surface area (Å²) < 4.78 is 4.68. The number of allylic oxidation sites excluding steroid dienone is 4. The standard InChI is InChI=1S/C7H6O3.H2O/c8-7(9)6-4-2-1-3-5-10-6;/h1-5H,(H,8,9);1H2. The van der Waals surface area contributed by atoms with E-state index in [2.05, 4.69) is 4.74 Å². The lowest BCUT2D eigenvalue weighted by Gasteiger charge is -1.95. The van der Waals surface area contributed by atoms with Gasteiger partial charge in [-0.25, -0.2) is 4.79 Å². The number of rotatable bonds is 1. The van der Waals surface area contributed by atoms with E-state index in [1.807, 2.05) is 0 Å². The van der Waals surface area contributed by atoms with Crippen LogP contribution in [0, 0.1) is 0 Å². The Labute approximate surface area is 63.4 Å². The molecule has 4 heteroatoms. The van der Waals surface area contributed by atoms with E-state index < -0.39 is 5.97 Å². The lowest BCUT2D eigenvalue weighted by Crippen LogP contribution is -2.00. The van der Waals surface area contributed by atoms with E-state index in [0.29, 0.717) is 0 Å². The number of aliphatic carboxylic acids is 1. The van der Waals surface area contributed by atoms with Crippen LogP contribution in [-0.2, 0) is 9.53 Å². The van der Waals surface area contributed by atoms with Gasteiger partial charge in [0.2, 0.25) is 5.76 Å². The van der Waals surface area contributed by atoms with Gasteiger partial charge in [0.15, 0.2) is 0 Å². The SMILES string of the molecule is O.O=C(O)C1=CC=CC=CO1. The van der Waals surface area contributed by atoms with Crippen LogP contribution in [-0.4, -0.2) is 16.6 Å². The summed E-state index contributed by atoms with van der Waals surface area (Å²) in [6.07, 6.45) is 7.63. The number of carbonyl (C=O) groups is 1. The highest BCUT2D eigenvalue weighted by atomic mass is 16.5. The van der Waals surface area contributed by atoms with Crippen LogP contribution in [0.2, 0.25) is 0 Å². The molecule has 1 aliphatic rings. The van der Waals surface area contributed by atoms with Crippen molar-refractivity contribution < 1.29 is 20.1 Å². The average molecular weight is 156 g/mol. The molecule has 0 amide bonds. The van der Waals surface area contributed by atoms with Gasteiger partial charge < -0.3 is 15.3 Å². The van der Waals surface area contributed by atoms with Gasteiger partial charge in [0, 0.05) is 0 Å². The number of ether oxygens (including phenoxy) is 1. The summed E-state index contributed by atoms with van der Waals surface area (Å²) in [5.74, 6) is -1.12. The van der Waals surface area contributed by atoms with Gasteiger partial charge in [0.1, 0.15) is 0 Å². The number of hydrogen-bond acceptors (Lipinski definition) is 2. The second-order valence-corrected chi connectivity index (χ2v) is 1.67.